The zero-order valence-corrected chi connectivity index (χ0v) is 23.0. The minimum Gasteiger partial charge on any atom is -0.493 e. The van der Waals surface area contributed by atoms with Gasteiger partial charge in [-0.15, -0.1) is 0 Å². The van der Waals surface area contributed by atoms with Crippen molar-refractivity contribution in [3.05, 3.63) is 97.5 Å². The first-order valence-corrected chi connectivity index (χ1v) is 13.4. The lowest BCUT2D eigenvalue weighted by Crippen LogP contribution is -2.29. The van der Waals surface area contributed by atoms with Gasteiger partial charge in [0.15, 0.2) is 11.5 Å². The van der Waals surface area contributed by atoms with E-state index in [1.165, 1.54) is 22.4 Å². The van der Waals surface area contributed by atoms with Gasteiger partial charge in [0.05, 0.1) is 27.7 Å². The molecule has 0 saturated heterocycles. The summed E-state index contributed by atoms with van der Waals surface area (Å²) in [6.45, 7) is 4.85. The molecule has 0 radical (unpaired) electrons. The SMILES string of the molecule is COc1cc([C@@H]2Nc3ccc(C(C)C)cc3[C@@H]3C=CC[C@@H]32)cc(Br)c1OCc1ccc(Cl)c(Cl)c1. The monoisotopic (exact) mass is 571 g/mol. The highest BCUT2D eigenvalue weighted by Gasteiger charge is 2.38. The zero-order valence-electron chi connectivity index (χ0n) is 19.9. The van der Waals surface area contributed by atoms with Crippen LogP contribution >= 0.6 is 39.1 Å². The third kappa shape index (κ3) is 4.81. The van der Waals surface area contributed by atoms with Gasteiger partial charge in [-0.25, -0.2) is 0 Å². The van der Waals surface area contributed by atoms with E-state index < -0.39 is 0 Å². The molecule has 6 heteroatoms. The third-order valence-corrected chi connectivity index (χ3v) is 8.36. The number of fused-ring (bicyclic) bond motifs is 3. The molecule has 2 aliphatic rings. The molecule has 0 saturated carbocycles. The molecule has 3 nitrogen and oxygen atoms in total. The number of benzene rings is 3. The Morgan fingerprint density at radius 3 is 2.63 bits per heavy atom. The molecule has 1 aliphatic heterocycles. The molecule has 0 bridgehead atoms. The Morgan fingerprint density at radius 1 is 1.06 bits per heavy atom. The molecule has 0 aromatic heterocycles. The van der Waals surface area contributed by atoms with Crippen LogP contribution in [0.3, 0.4) is 0 Å². The predicted molar refractivity (Wildman–Crippen MR) is 148 cm³/mol. The fourth-order valence-electron chi connectivity index (χ4n) is 5.15. The summed E-state index contributed by atoms with van der Waals surface area (Å²) in [7, 11) is 1.68. The van der Waals surface area contributed by atoms with Crippen molar-refractivity contribution in [2.45, 2.75) is 44.8 Å². The number of anilines is 1. The van der Waals surface area contributed by atoms with Crippen LogP contribution in [0, 0.1) is 5.92 Å². The van der Waals surface area contributed by atoms with Gasteiger partial charge in [-0.1, -0.05) is 67.4 Å². The molecule has 1 heterocycles. The van der Waals surface area contributed by atoms with Gasteiger partial charge >= 0.3 is 0 Å². The Kier molecular flexibility index (Phi) is 7.07. The van der Waals surface area contributed by atoms with E-state index in [1.54, 1.807) is 13.2 Å². The van der Waals surface area contributed by atoms with Gasteiger partial charge in [0, 0.05) is 11.6 Å². The van der Waals surface area contributed by atoms with Crippen molar-refractivity contribution in [3.63, 3.8) is 0 Å². The lowest BCUT2D eigenvalue weighted by atomic mass is 9.76. The maximum atomic E-state index is 6.16. The van der Waals surface area contributed by atoms with Gasteiger partial charge in [-0.3, -0.25) is 0 Å². The summed E-state index contributed by atoms with van der Waals surface area (Å²) in [6, 6.07) is 16.8. The van der Waals surface area contributed by atoms with E-state index in [1.807, 2.05) is 12.1 Å². The Labute approximate surface area is 225 Å². The van der Waals surface area contributed by atoms with E-state index in [0.717, 1.165) is 16.5 Å². The van der Waals surface area contributed by atoms with E-state index in [-0.39, 0.29) is 6.04 Å². The number of allylic oxidation sites excluding steroid dienone is 2. The predicted octanol–water partition coefficient (Wildman–Crippen LogP) is 9.29. The molecule has 3 aromatic carbocycles. The average Bonchev–Trinajstić information content (AvgIpc) is 3.34. The Hall–Kier alpha value is -2.14. The summed E-state index contributed by atoms with van der Waals surface area (Å²) in [5, 5.41) is 4.87. The Morgan fingerprint density at radius 2 is 1.89 bits per heavy atom. The summed E-state index contributed by atoms with van der Waals surface area (Å²) < 4.78 is 12.8. The Balaban J connectivity index is 1.44. The van der Waals surface area contributed by atoms with Crippen LogP contribution in [0.5, 0.6) is 11.5 Å². The van der Waals surface area contributed by atoms with Crippen molar-refractivity contribution in [1.29, 1.82) is 0 Å². The number of methoxy groups -OCH3 is 1. The molecular formula is C29H28BrCl2NO2. The lowest BCUT2D eigenvalue weighted by Gasteiger charge is -2.38. The standard InChI is InChI=1S/C29H28BrCl2NO2/c1-16(2)18-8-10-26-22(12-18)20-5-4-6-21(20)28(33-26)19-13-23(30)29(27(14-19)34-3)35-15-17-7-9-24(31)25(32)11-17/h4-5,7-14,16,20-21,28,33H,6,15H2,1-3H3/t20-,21+,28+/m1/s1. The second-order valence-corrected chi connectivity index (χ2v) is 11.2. The van der Waals surface area contributed by atoms with Crippen LogP contribution in [0.1, 0.15) is 60.4 Å². The molecule has 1 N–H and O–H groups in total. The smallest absolute Gasteiger partial charge is 0.175 e. The van der Waals surface area contributed by atoms with Crippen LogP contribution in [-0.4, -0.2) is 7.11 Å². The normalized spacial score (nSPS) is 20.4. The molecule has 0 fully saturated rings. The number of hydrogen-bond acceptors (Lipinski definition) is 3. The minimum atomic E-state index is 0.168. The first-order chi connectivity index (χ1) is 16.9. The minimum absolute atomic E-state index is 0.168. The molecule has 182 valence electrons. The van der Waals surface area contributed by atoms with Gasteiger partial charge in [0.2, 0.25) is 0 Å². The molecule has 5 rings (SSSR count). The van der Waals surface area contributed by atoms with E-state index in [9.17, 15) is 0 Å². The summed E-state index contributed by atoms with van der Waals surface area (Å²) >= 11 is 15.9. The quantitative estimate of drug-likeness (QED) is 0.298. The van der Waals surface area contributed by atoms with Crippen molar-refractivity contribution in [2.75, 3.05) is 12.4 Å². The van der Waals surface area contributed by atoms with Gasteiger partial charge in [-0.2, -0.15) is 0 Å². The van der Waals surface area contributed by atoms with Gasteiger partial charge < -0.3 is 14.8 Å². The maximum Gasteiger partial charge on any atom is 0.175 e. The molecule has 0 unspecified atom stereocenters. The topological polar surface area (TPSA) is 30.5 Å². The highest BCUT2D eigenvalue weighted by Crippen LogP contribution is 2.51. The molecule has 3 atom stereocenters. The van der Waals surface area contributed by atoms with Crippen molar-refractivity contribution in [3.8, 4) is 11.5 Å². The Bertz CT molecular complexity index is 1290. The fraction of sp³-hybridized carbons (Fsp3) is 0.310. The van der Waals surface area contributed by atoms with E-state index >= 15 is 0 Å². The highest BCUT2D eigenvalue weighted by atomic mass is 79.9. The number of halogens is 3. The van der Waals surface area contributed by atoms with E-state index in [0.29, 0.717) is 45.9 Å². The zero-order chi connectivity index (χ0) is 24.7. The van der Waals surface area contributed by atoms with Crippen molar-refractivity contribution < 1.29 is 9.47 Å². The van der Waals surface area contributed by atoms with E-state index in [4.69, 9.17) is 32.7 Å². The van der Waals surface area contributed by atoms with Gasteiger partial charge in [0.25, 0.3) is 0 Å². The number of hydrogen-bond donors (Lipinski definition) is 1. The molecule has 35 heavy (non-hydrogen) atoms. The van der Waals surface area contributed by atoms with Crippen LogP contribution in [-0.2, 0) is 6.61 Å². The summed E-state index contributed by atoms with van der Waals surface area (Å²) in [5.74, 6) is 2.73. The van der Waals surface area contributed by atoms with Crippen molar-refractivity contribution in [1.82, 2.24) is 0 Å². The van der Waals surface area contributed by atoms with Crippen LogP contribution < -0.4 is 14.8 Å². The highest BCUT2D eigenvalue weighted by molar-refractivity contribution is 9.10. The first kappa shape index (κ1) is 24.5. The van der Waals surface area contributed by atoms with Gasteiger partial charge in [0.1, 0.15) is 6.61 Å². The van der Waals surface area contributed by atoms with Crippen LogP contribution in [0.25, 0.3) is 0 Å². The average molecular weight is 573 g/mol. The fourth-order valence-corrected chi connectivity index (χ4v) is 6.04. The number of ether oxygens (including phenoxy) is 2. The first-order valence-electron chi connectivity index (χ1n) is 11.9. The molecular weight excluding hydrogens is 545 g/mol. The number of nitrogens with one attached hydrogen (secondary N) is 1. The van der Waals surface area contributed by atoms with Crippen molar-refractivity contribution in [2.24, 2.45) is 5.92 Å². The molecule has 0 spiro atoms. The lowest BCUT2D eigenvalue weighted by molar-refractivity contribution is 0.282. The molecule has 3 aromatic rings. The number of rotatable bonds is 6. The molecule has 1 aliphatic carbocycles. The van der Waals surface area contributed by atoms with Gasteiger partial charge in [-0.05, 0) is 86.8 Å². The third-order valence-electron chi connectivity index (χ3n) is 7.03. The maximum absolute atomic E-state index is 6.16. The second kappa shape index (κ2) is 10.1. The summed E-state index contributed by atoms with van der Waals surface area (Å²) in [4.78, 5) is 0. The van der Waals surface area contributed by atoms with Crippen LogP contribution in [0.2, 0.25) is 10.0 Å². The second-order valence-electron chi connectivity index (χ2n) is 9.55. The summed E-state index contributed by atoms with van der Waals surface area (Å²) in [5.41, 5.74) is 6.11. The van der Waals surface area contributed by atoms with E-state index in [2.05, 4.69) is 77.6 Å². The van der Waals surface area contributed by atoms with Crippen molar-refractivity contribution >= 4 is 44.8 Å². The molecule has 0 amide bonds. The summed E-state index contributed by atoms with van der Waals surface area (Å²) in [6.07, 6.45) is 5.74. The van der Waals surface area contributed by atoms with Crippen LogP contribution in [0.4, 0.5) is 5.69 Å². The van der Waals surface area contributed by atoms with Crippen LogP contribution in [0.15, 0.2) is 65.2 Å². The largest absolute Gasteiger partial charge is 0.493 e.